The Bertz CT molecular complexity index is 1240. The van der Waals surface area contributed by atoms with E-state index in [1.54, 1.807) is 0 Å². The van der Waals surface area contributed by atoms with Crippen LogP contribution < -0.4 is 10.1 Å². The number of halogens is 10. The van der Waals surface area contributed by atoms with Crippen molar-refractivity contribution in [2.24, 2.45) is 0 Å². The summed E-state index contributed by atoms with van der Waals surface area (Å²) in [5.74, 6) is -5.94. The molecule has 36 heavy (non-hydrogen) atoms. The first-order valence-electron chi connectivity index (χ1n) is 9.76. The third kappa shape index (κ3) is 6.26. The van der Waals surface area contributed by atoms with E-state index in [-0.39, 0.29) is 17.2 Å². The SMILES string of the molecule is O=C(NC(c1ccc(F)cc1)c1cc(F)cc(OC(F)(F)C(F)F)c1)c1ccc(F)c(C(F)(F)F)c1. The summed E-state index contributed by atoms with van der Waals surface area (Å²) < 4.78 is 136. The van der Waals surface area contributed by atoms with Gasteiger partial charge in [-0.15, -0.1) is 0 Å². The van der Waals surface area contributed by atoms with Gasteiger partial charge in [-0.3, -0.25) is 4.79 Å². The van der Waals surface area contributed by atoms with Gasteiger partial charge < -0.3 is 10.1 Å². The van der Waals surface area contributed by atoms with Crippen molar-refractivity contribution < 1.29 is 53.4 Å². The lowest BCUT2D eigenvalue weighted by Gasteiger charge is -2.22. The lowest BCUT2D eigenvalue weighted by Crippen LogP contribution is -2.33. The van der Waals surface area contributed by atoms with Crippen LogP contribution in [0.25, 0.3) is 0 Å². The molecule has 0 aliphatic rings. The number of hydrogen-bond donors (Lipinski definition) is 1. The fourth-order valence-corrected chi connectivity index (χ4v) is 3.12. The van der Waals surface area contributed by atoms with E-state index in [2.05, 4.69) is 10.1 Å². The standard InChI is InChI=1S/C23H13F10NO2/c24-14-4-1-11(2-5-14)19(13-7-15(25)10-16(8-13)36-23(32,33)21(27)28)34-20(35)12-3-6-18(26)17(9-12)22(29,30)31/h1-10,19,21H,(H,34,35). The molecular formula is C23H13F10NO2. The molecule has 0 saturated carbocycles. The van der Waals surface area contributed by atoms with Crippen molar-refractivity contribution in [1.82, 2.24) is 5.32 Å². The summed E-state index contributed by atoms with van der Waals surface area (Å²) in [5, 5.41) is 2.21. The first kappa shape index (κ1) is 26.8. The number of carbonyl (C=O) groups excluding carboxylic acids is 1. The molecule has 0 bridgehead atoms. The molecule has 0 aromatic heterocycles. The minimum Gasteiger partial charge on any atom is -0.428 e. The zero-order chi connectivity index (χ0) is 26.8. The van der Waals surface area contributed by atoms with Crippen molar-refractivity contribution in [3.63, 3.8) is 0 Å². The lowest BCUT2D eigenvalue weighted by molar-refractivity contribution is -0.253. The van der Waals surface area contributed by atoms with Crippen LogP contribution in [0.4, 0.5) is 43.9 Å². The maximum Gasteiger partial charge on any atom is 0.461 e. The van der Waals surface area contributed by atoms with Crippen LogP contribution in [-0.4, -0.2) is 18.4 Å². The number of benzene rings is 3. The topological polar surface area (TPSA) is 38.3 Å². The molecule has 1 amide bonds. The highest BCUT2D eigenvalue weighted by Crippen LogP contribution is 2.34. The summed E-state index contributed by atoms with van der Waals surface area (Å²) in [6.45, 7) is 0. The Hall–Kier alpha value is -3.77. The number of rotatable bonds is 7. The van der Waals surface area contributed by atoms with Gasteiger partial charge in [0.15, 0.2) is 0 Å². The molecule has 3 nitrogen and oxygen atoms in total. The van der Waals surface area contributed by atoms with E-state index >= 15 is 0 Å². The minimum atomic E-state index is -5.14. The van der Waals surface area contributed by atoms with Gasteiger partial charge in [0.25, 0.3) is 5.91 Å². The molecule has 0 aliphatic heterocycles. The molecular weight excluding hydrogens is 512 g/mol. The van der Waals surface area contributed by atoms with Gasteiger partial charge in [-0.25, -0.2) is 13.2 Å². The summed E-state index contributed by atoms with van der Waals surface area (Å²) in [6, 6.07) is 5.57. The maximum absolute atomic E-state index is 14.2. The summed E-state index contributed by atoms with van der Waals surface area (Å²) in [5.41, 5.74) is -2.79. The average molecular weight is 525 g/mol. The van der Waals surface area contributed by atoms with E-state index in [1.165, 1.54) is 0 Å². The zero-order valence-corrected chi connectivity index (χ0v) is 17.5. The highest BCUT2D eigenvalue weighted by molar-refractivity contribution is 5.95. The molecule has 0 saturated heterocycles. The van der Waals surface area contributed by atoms with E-state index in [0.29, 0.717) is 24.3 Å². The van der Waals surface area contributed by atoms with Crippen LogP contribution in [0.15, 0.2) is 60.7 Å². The average Bonchev–Trinajstić information content (AvgIpc) is 2.76. The van der Waals surface area contributed by atoms with E-state index in [9.17, 15) is 48.7 Å². The van der Waals surface area contributed by atoms with Crippen LogP contribution in [0.5, 0.6) is 5.75 Å². The van der Waals surface area contributed by atoms with Crippen molar-refractivity contribution in [2.45, 2.75) is 24.8 Å². The molecule has 192 valence electrons. The maximum atomic E-state index is 14.2. The molecule has 0 fully saturated rings. The van der Waals surface area contributed by atoms with Crippen molar-refractivity contribution >= 4 is 5.91 Å². The summed E-state index contributed by atoms with van der Waals surface area (Å²) in [4.78, 5) is 12.7. The second-order valence-corrected chi connectivity index (χ2v) is 7.34. The highest BCUT2D eigenvalue weighted by atomic mass is 19.4. The molecule has 13 heteroatoms. The Balaban J connectivity index is 2.04. The highest BCUT2D eigenvalue weighted by Gasteiger charge is 2.44. The number of carbonyl (C=O) groups is 1. The first-order chi connectivity index (χ1) is 16.7. The second kappa shape index (κ2) is 10.1. The van der Waals surface area contributed by atoms with E-state index in [0.717, 1.165) is 30.3 Å². The van der Waals surface area contributed by atoms with Gasteiger partial charge in [-0.05, 0) is 53.6 Å². The van der Waals surface area contributed by atoms with E-state index in [4.69, 9.17) is 0 Å². The molecule has 1 atom stereocenters. The predicted molar refractivity (Wildman–Crippen MR) is 105 cm³/mol. The van der Waals surface area contributed by atoms with Crippen LogP contribution in [0, 0.1) is 17.5 Å². The minimum absolute atomic E-state index is 0.0000707. The third-order valence-corrected chi connectivity index (χ3v) is 4.75. The number of alkyl halides is 7. The van der Waals surface area contributed by atoms with Gasteiger partial charge in [0, 0.05) is 11.6 Å². The number of hydrogen-bond acceptors (Lipinski definition) is 2. The van der Waals surface area contributed by atoms with Crippen LogP contribution in [0.1, 0.15) is 33.1 Å². The van der Waals surface area contributed by atoms with Gasteiger partial charge in [-0.2, -0.15) is 30.7 Å². The molecule has 3 aromatic carbocycles. The smallest absolute Gasteiger partial charge is 0.428 e. The third-order valence-electron chi connectivity index (χ3n) is 4.75. The Labute approximate surface area is 196 Å². The van der Waals surface area contributed by atoms with Crippen LogP contribution >= 0.6 is 0 Å². The largest absolute Gasteiger partial charge is 0.461 e. The monoisotopic (exact) mass is 525 g/mol. The Morgan fingerprint density at radius 1 is 0.778 bits per heavy atom. The van der Waals surface area contributed by atoms with Crippen LogP contribution in [0.2, 0.25) is 0 Å². The van der Waals surface area contributed by atoms with Gasteiger partial charge in [0.1, 0.15) is 23.2 Å². The zero-order valence-electron chi connectivity index (χ0n) is 17.5. The fourth-order valence-electron chi connectivity index (χ4n) is 3.12. The molecule has 3 aromatic rings. The molecule has 0 radical (unpaired) electrons. The van der Waals surface area contributed by atoms with E-state index in [1.807, 2.05) is 0 Å². The van der Waals surface area contributed by atoms with Crippen molar-refractivity contribution in [3.05, 3.63) is 100 Å². The normalized spacial score (nSPS) is 13.0. The Kier molecular flexibility index (Phi) is 7.51. The van der Waals surface area contributed by atoms with Crippen LogP contribution in [-0.2, 0) is 6.18 Å². The van der Waals surface area contributed by atoms with Gasteiger partial charge in [0.05, 0.1) is 11.6 Å². The van der Waals surface area contributed by atoms with Gasteiger partial charge >= 0.3 is 18.7 Å². The Morgan fingerprint density at radius 2 is 1.42 bits per heavy atom. The van der Waals surface area contributed by atoms with Crippen molar-refractivity contribution in [2.75, 3.05) is 0 Å². The quantitative estimate of drug-likeness (QED) is 0.342. The fraction of sp³-hybridized carbons (Fsp3) is 0.174. The number of amides is 1. The van der Waals surface area contributed by atoms with Crippen molar-refractivity contribution in [1.29, 1.82) is 0 Å². The predicted octanol–water partition coefficient (Wildman–Crippen LogP) is 6.88. The summed E-state index contributed by atoms with van der Waals surface area (Å²) in [7, 11) is 0. The first-order valence-corrected chi connectivity index (χ1v) is 9.76. The Morgan fingerprint density at radius 3 is 2.00 bits per heavy atom. The summed E-state index contributed by atoms with van der Waals surface area (Å²) >= 11 is 0. The molecule has 1 unspecified atom stereocenters. The summed E-state index contributed by atoms with van der Waals surface area (Å²) in [6.07, 6.45) is -14.4. The lowest BCUT2D eigenvalue weighted by atomic mass is 9.97. The van der Waals surface area contributed by atoms with Gasteiger partial charge in [0.2, 0.25) is 0 Å². The molecule has 0 spiro atoms. The molecule has 1 N–H and O–H groups in total. The molecule has 3 rings (SSSR count). The number of nitrogens with one attached hydrogen (secondary N) is 1. The second-order valence-electron chi connectivity index (χ2n) is 7.34. The van der Waals surface area contributed by atoms with Gasteiger partial charge in [-0.1, -0.05) is 12.1 Å². The number of ether oxygens (including phenoxy) is 1. The molecule has 0 heterocycles. The van der Waals surface area contributed by atoms with E-state index < -0.39 is 65.0 Å². The molecule has 0 aliphatic carbocycles. The van der Waals surface area contributed by atoms with Crippen LogP contribution in [0.3, 0.4) is 0 Å². The van der Waals surface area contributed by atoms with Crippen molar-refractivity contribution in [3.8, 4) is 5.75 Å².